The molecule has 0 aliphatic rings. The van der Waals surface area contributed by atoms with Crippen LogP contribution < -0.4 is 10.1 Å². The van der Waals surface area contributed by atoms with Crippen molar-refractivity contribution in [2.75, 3.05) is 26.9 Å². The van der Waals surface area contributed by atoms with Crippen LogP contribution >= 0.6 is 0 Å². The zero-order valence-electron chi connectivity index (χ0n) is 10.3. The average Bonchev–Trinajstić information content (AvgIpc) is 2.27. The Hall–Kier alpha value is -1.06. The summed E-state index contributed by atoms with van der Waals surface area (Å²) in [5, 5.41) is 3.32. The third-order valence-corrected chi connectivity index (χ3v) is 2.36. The van der Waals surface area contributed by atoms with Gasteiger partial charge in [-0.3, -0.25) is 0 Å². The summed E-state index contributed by atoms with van der Waals surface area (Å²) in [5.41, 5.74) is 1.17. The lowest BCUT2D eigenvalue weighted by Gasteiger charge is -2.13. The lowest BCUT2D eigenvalue weighted by atomic mass is 10.2. The van der Waals surface area contributed by atoms with Gasteiger partial charge in [0.05, 0.1) is 6.61 Å². The molecule has 0 radical (unpaired) electrons. The molecule has 0 bridgehead atoms. The second kappa shape index (κ2) is 7.25. The largest absolute Gasteiger partial charge is 0.492 e. The molecule has 0 fully saturated rings. The van der Waals surface area contributed by atoms with Crippen LogP contribution in [0, 0.1) is 6.92 Å². The van der Waals surface area contributed by atoms with Gasteiger partial charge in [-0.2, -0.15) is 0 Å². The summed E-state index contributed by atoms with van der Waals surface area (Å²) in [6, 6.07) is 8.42. The summed E-state index contributed by atoms with van der Waals surface area (Å²) in [4.78, 5) is 0. The van der Waals surface area contributed by atoms with E-state index >= 15 is 0 Å². The Morgan fingerprint density at radius 1 is 1.31 bits per heavy atom. The van der Waals surface area contributed by atoms with Gasteiger partial charge in [0.1, 0.15) is 12.4 Å². The first-order chi connectivity index (χ1) is 7.74. The fourth-order valence-electron chi connectivity index (χ4n) is 1.49. The van der Waals surface area contributed by atoms with Crippen molar-refractivity contribution in [1.29, 1.82) is 0 Å². The van der Waals surface area contributed by atoms with Crippen LogP contribution in [-0.2, 0) is 4.74 Å². The van der Waals surface area contributed by atoms with Gasteiger partial charge in [-0.15, -0.1) is 0 Å². The molecule has 3 nitrogen and oxygen atoms in total. The quantitative estimate of drug-likeness (QED) is 0.717. The molecule has 0 heterocycles. The lowest BCUT2D eigenvalue weighted by Crippen LogP contribution is -2.33. The van der Waals surface area contributed by atoms with Crippen LogP contribution in [0.25, 0.3) is 0 Å². The van der Waals surface area contributed by atoms with Gasteiger partial charge in [0.2, 0.25) is 0 Å². The van der Waals surface area contributed by atoms with Crippen LogP contribution in [0.5, 0.6) is 5.75 Å². The Morgan fingerprint density at radius 3 is 2.75 bits per heavy atom. The third-order valence-electron chi connectivity index (χ3n) is 2.36. The number of aryl methyl sites for hydroxylation is 1. The van der Waals surface area contributed by atoms with Crippen molar-refractivity contribution in [3.8, 4) is 5.75 Å². The van der Waals surface area contributed by atoms with Crippen molar-refractivity contribution < 1.29 is 9.47 Å². The maximum atomic E-state index is 5.66. The van der Waals surface area contributed by atoms with Crippen molar-refractivity contribution in [2.45, 2.75) is 19.9 Å². The van der Waals surface area contributed by atoms with E-state index in [0.717, 1.165) is 18.9 Å². The molecule has 1 N–H and O–H groups in total. The van der Waals surface area contributed by atoms with E-state index in [1.54, 1.807) is 7.11 Å². The topological polar surface area (TPSA) is 30.5 Å². The molecule has 0 spiro atoms. The molecule has 0 aliphatic carbocycles. The number of nitrogens with one attached hydrogen (secondary N) is 1. The second-order valence-corrected chi connectivity index (χ2v) is 3.92. The minimum atomic E-state index is 0.366. The first kappa shape index (κ1) is 13.0. The number of hydrogen-bond acceptors (Lipinski definition) is 3. The van der Waals surface area contributed by atoms with Gasteiger partial charge >= 0.3 is 0 Å². The Labute approximate surface area is 97.8 Å². The number of benzene rings is 1. The van der Waals surface area contributed by atoms with E-state index in [1.165, 1.54) is 5.56 Å². The molecule has 0 aromatic heterocycles. The predicted octanol–water partition coefficient (Wildman–Crippen LogP) is 2.00. The zero-order chi connectivity index (χ0) is 11.8. The first-order valence-electron chi connectivity index (χ1n) is 5.64. The zero-order valence-corrected chi connectivity index (χ0v) is 10.3. The third kappa shape index (κ3) is 4.64. The maximum absolute atomic E-state index is 5.66. The highest BCUT2D eigenvalue weighted by Crippen LogP contribution is 2.15. The van der Waals surface area contributed by atoms with E-state index in [2.05, 4.69) is 25.2 Å². The van der Waals surface area contributed by atoms with Crippen LogP contribution in [0.15, 0.2) is 24.3 Å². The van der Waals surface area contributed by atoms with Crippen LogP contribution in [-0.4, -0.2) is 32.9 Å². The highest BCUT2D eigenvalue weighted by atomic mass is 16.5. The smallest absolute Gasteiger partial charge is 0.122 e. The normalized spacial score (nSPS) is 12.4. The highest BCUT2D eigenvalue weighted by molar-refractivity contribution is 5.31. The molecule has 1 atom stereocenters. The molecule has 1 rings (SSSR count). The van der Waals surface area contributed by atoms with Crippen molar-refractivity contribution in [3.63, 3.8) is 0 Å². The maximum Gasteiger partial charge on any atom is 0.122 e. The molecule has 1 aromatic rings. The first-order valence-corrected chi connectivity index (χ1v) is 5.64. The summed E-state index contributed by atoms with van der Waals surface area (Å²) in [7, 11) is 1.71. The molecule has 3 heteroatoms. The van der Waals surface area contributed by atoms with Crippen molar-refractivity contribution >= 4 is 0 Å². The Balaban J connectivity index is 2.19. The van der Waals surface area contributed by atoms with Gasteiger partial charge in [-0.1, -0.05) is 18.2 Å². The van der Waals surface area contributed by atoms with Crippen LogP contribution in [0.1, 0.15) is 12.5 Å². The molecule has 1 aromatic carbocycles. The minimum Gasteiger partial charge on any atom is -0.492 e. The molecule has 16 heavy (non-hydrogen) atoms. The summed E-state index contributed by atoms with van der Waals surface area (Å²) < 4.78 is 10.7. The van der Waals surface area contributed by atoms with Crippen LogP contribution in [0.3, 0.4) is 0 Å². The standard InChI is InChI=1S/C13H21NO2/c1-11-6-4-5-7-13(11)16-9-8-14-12(2)10-15-3/h4-7,12,14H,8-10H2,1-3H3. The average molecular weight is 223 g/mol. The van der Waals surface area contributed by atoms with Crippen molar-refractivity contribution in [3.05, 3.63) is 29.8 Å². The van der Waals surface area contributed by atoms with Gasteiger partial charge in [0, 0.05) is 19.7 Å². The SMILES string of the molecule is COCC(C)NCCOc1ccccc1C. The van der Waals surface area contributed by atoms with Gasteiger partial charge in [-0.25, -0.2) is 0 Å². The molecule has 0 saturated carbocycles. The number of rotatable bonds is 7. The van der Waals surface area contributed by atoms with E-state index in [0.29, 0.717) is 12.6 Å². The van der Waals surface area contributed by atoms with E-state index in [4.69, 9.17) is 9.47 Å². The van der Waals surface area contributed by atoms with Gasteiger partial charge in [-0.05, 0) is 25.5 Å². The van der Waals surface area contributed by atoms with Crippen LogP contribution in [0.2, 0.25) is 0 Å². The molecule has 1 unspecified atom stereocenters. The Bertz CT molecular complexity index is 302. The highest BCUT2D eigenvalue weighted by Gasteiger charge is 2.00. The van der Waals surface area contributed by atoms with Crippen molar-refractivity contribution in [2.24, 2.45) is 0 Å². The molecule has 90 valence electrons. The van der Waals surface area contributed by atoms with E-state index in [1.807, 2.05) is 18.2 Å². The van der Waals surface area contributed by atoms with Crippen molar-refractivity contribution in [1.82, 2.24) is 5.32 Å². The monoisotopic (exact) mass is 223 g/mol. The second-order valence-electron chi connectivity index (χ2n) is 3.92. The molecule has 0 aliphatic heterocycles. The molecular formula is C13H21NO2. The summed E-state index contributed by atoms with van der Waals surface area (Å²) in [5.74, 6) is 0.962. The molecular weight excluding hydrogens is 202 g/mol. The minimum absolute atomic E-state index is 0.366. The summed E-state index contributed by atoms with van der Waals surface area (Å²) in [6.45, 7) is 6.38. The molecule has 0 saturated heterocycles. The van der Waals surface area contributed by atoms with E-state index in [-0.39, 0.29) is 0 Å². The van der Waals surface area contributed by atoms with E-state index < -0.39 is 0 Å². The van der Waals surface area contributed by atoms with Gasteiger partial charge in [0.15, 0.2) is 0 Å². The Morgan fingerprint density at radius 2 is 2.06 bits per heavy atom. The predicted molar refractivity (Wildman–Crippen MR) is 66.0 cm³/mol. The number of hydrogen-bond donors (Lipinski definition) is 1. The lowest BCUT2D eigenvalue weighted by molar-refractivity contribution is 0.169. The number of methoxy groups -OCH3 is 1. The number of para-hydroxylation sites is 1. The van der Waals surface area contributed by atoms with E-state index in [9.17, 15) is 0 Å². The fourth-order valence-corrected chi connectivity index (χ4v) is 1.49. The van der Waals surface area contributed by atoms with Crippen LogP contribution in [0.4, 0.5) is 0 Å². The summed E-state index contributed by atoms with van der Waals surface area (Å²) in [6.07, 6.45) is 0. The summed E-state index contributed by atoms with van der Waals surface area (Å²) >= 11 is 0. The van der Waals surface area contributed by atoms with Gasteiger partial charge < -0.3 is 14.8 Å². The number of ether oxygens (including phenoxy) is 2. The Kier molecular flexibility index (Phi) is 5.90. The fraction of sp³-hybridized carbons (Fsp3) is 0.538. The van der Waals surface area contributed by atoms with Gasteiger partial charge in [0.25, 0.3) is 0 Å². The molecule has 0 amide bonds.